The van der Waals surface area contributed by atoms with Crippen LogP contribution in [-0.2, 0) is 0 Å². The molecule has 0 saturated carbocycles. The SMILES string of the molecule is COc1cc(OC)c(N(C(N)=O)c2nnc(Cl)s2)cc1Cl. The normalized spacial score (nSPS) is 10.3. The summed E-state index contributed by atoms with van der Waals surface area (Å²) < 4.78 is 10.5. The van der Waals surface area contributed by atoms with E-state index in [1.165, 1.54) is 26.4 Å². The van der Waals surface area contributed by atoms with E-state index < -0.39 is 6.03 Å². The van der Waals surface area contributed by atoms with Crippen molar-refractivity contribution in [3.63, 3.8) is 0 Å². The number of halogens is 2. The number of methoxy groups -OCH3 is 2. The van der Waals surface area contributed by atoms with Crippen molar-refractivity contribution in [2.75, 3.05) is 19.1 Å². The molecule has 0 unspecified atom stereocenters. The molecule has 112 valence electrons. The van der Waals surface area contributed by atoms with E-state index in [2.05, 4.69) is 10.2 Å². The molecule has 0 atom stereocenters. The van der Waals surface area contributed by atoms with Crippen LogP contribution in [0.2, 0.25) is 9.49 Å². The van der Waals surface area contributed by atoms with Crippen molar-refractivity contribution in [3.05, 3.63) is 21.6 Å². The molecule has 2 aromatic rings. The molecule has 1 aromatic carbocycles. The molecule has 2 amide bonds. The number of nitrogens with zero attached hydrogens (tertiary/aromatic N) is 3. The predicted octanol–water partition coefficient (Wildman–Crippen LogP) is 3.08. The molecular weight excluding hydrogens is 339 g/mol. The topological polar surface area (TPSA) is 90.6 Å². The number of anilines is 2. The second-order valence-electron chi connectivity index (χ2n) is 3.67. The lowest BCUT2D eigenvalue weighted by molar-refractivity contribution is 0.256. The highest BCUT2D eigenvalue weighted by Gasteiger charge is 2.24. The number of benzene rings is 1. The van der Waals surface area contributed by atoms with Gasteiger partial charge in [0.05, 0.1) is 24.9 Å². The number of carbonyl (C=O) groups excluding carboxylic acids is 1. The number of hydrogen-bond donors (Lipinski definition) is 1. The highest BCUT2D eigenvalue weighted by Crippen LogP contribution is 2.41. The van der Waals surface area contributed by atoms with Gasteiger partial charge in [0.2, 0.25) is 9.60 Å². The fourth-order valence-corrected chi connectivity index (χ4v) is 2.70. The number of carbonyl (C=O) groups is 1. The first kappa shape index (κ1) is 15.6. The predicted molar refractivity (Wildman–Crippen MR) is 81.2 cm³/mol. The summed E-state index contributed by atoms with van der Waals surface area (Å²) in [6.07, 6.45) is 0. The van der Waals surface area contributed by atoms with Gasteiger partial charge in [-0.3, -0.25) is 0 Å². The van der Waals surface area contributed by atoms with Gasteiger partial charge in [-0.1, -0.05) is 22.9 Å². The molecule has 2 rings (SSSR count). The van der Waals surface area contributed by atoms with Crippen LogP contribution in [0, 0.1) is 0 Å². The first-order valence-corrected chi connectivity index (χ1v) is 7.05. The van der Waals surface area contributed by atoms with Gasteiger partial charge in [-0.15, -0.1) is 10.2 Å². The van der Waals surface area contributed by atoms with E-state index in [4.69, 9.17) is 38.4 Å². The van der Waals surface area contributed by atoms with Crippen molar-refractivity contribution in [3.8, 4) is 11.5 Å². The van der Waals surface area contributed by atoms with Gasteiger partial charge in [0.15, 0.2) is 0 Å². The van der Waals surface area contributed by atoms with Crippen molar-refractivity contribution in [1.82, 2.24) is 10.2 Å². The molecule has 0 aliphatic heterocycles. The summed E-state index contributed by atoms with van der Waals surface area (Å²) in [6, 6.07) is 2.25. The molecule has 0 aliphatic carbocycles. The first-order valence-electron chi connectivity index (χ1n) is 5.48. The van der Waals surface area contributed by atoms with E-state index in [-0.39, 0.29) is 14.6 Å². The summed E-state index contributed by atoms with van der Waals surface area (Å²) in [5, 5.41) is 7.92. The fraction of sp³-hybridized carbons (Fsp3) is 0.182. The smallest absolute Gasteiger partial charge is 0.325 e. The van der Waals surface area contributed by atoms with Crippen molar-refractivity contribution in [2.45, 2.75) is 0 Å². The quantitative estimate of drug-likeness (QED) is 0.916. The summed E-state index contributed by atoms with van der Waals surface area (Å²) in [4.78, 5) is 12.9. The zero-order chi connectivity index (χ0) is 15.6. The molecule has 0 spiro atoms. The third-order valence-corrected chi connectivity index (χ3v) is 3.79. The maximum atomic E-state index is 11.8. The Morgan fingerprint density at radius 1 is 1.24 bits per heavy atom. The second kappa shape index (κ2) is 6.33. The highest BCUT2D eigenvalue weighted by atomic mass is 35.5. The molecule has 0 aliphatic rings. The molecule has 0 saturated heterocycles. The number of hydrogen-bond acceptors (Lipinski definition) is 6. The lowest BCUT2D eigenvalue weighted by Gasteiger charge is -2.20. The molecule has 2 N–H and O–H groups in total. The number of aromatic nitrogens is 2. The summed E-state index contributed by atoms with van der Waals surface area (Å²) in [5.74, 6) is 0.735. The van der Waals surface area contributed by atoms with Crippen molar-refractivity contribution in [2.24, 2.45) is 5.73 Å². The van der Waals surface area contributed by atoms with Crippen molar-refractivity contribution >= 4 is 51.4 Å². The van der Waals surface area contributed by atoms with E-state index in [0.29, 0.717) is 17.2 Å². The van der Waals surface area contributed by atoms with E-state index in [1.807, 2.05) is 0 Å². The maximum Gasteiger partial charge on any atom is 0.325 e. The third kappa shape index (κ3) is 3.12. The highest BCUT2D eigenvalue weighted by molar-refractivity contribution is 7.19. The van der Waals surface area contributed by atoms with Crippen LogP contribution in [0.4, 0.5) is 15.6 Å². The van der Waals surface area contributed by atoms with Crippen LogP contribution >= 0.6 is 34.5 Å². The maximum absolute atomic E-state index is 11.8. The Labute approximate surface area is 134 Å². The Balaban J connectivity index is 2.60. The van der Waals surface area contributed by atoms with Crippen molar-refractivity contribution in [1.29, 1.82) is 0 Å². The number of nitrogens with two attached hydrogens (primary N) is 1. The van der Waals surface area contributed by atoms with E-state index in [0.717, 1.165) is 16.2 Å². The molecule has 0 radical (unpaired) electrons. The van der Waals surface area contributed by atoms with Crippen molar-refractivity contribution < 1.29 is 14.3 Å². The molecule has 1 heterocycles. The number of primary amides is 1. The van der Waals surface area contributed by atoms with Gasteiger partial charge in [0.25, 0.3) is 0 Å². The lowest BCUT2D eigenvalue weighted by Crippen LogP contribution is -2.31. The average molecular weight is 349 g/mol. The molecule has 0 fully saturated rings. The minimum atomic E-state index is -0.776. The van der Waals surface area contributed by atoms with Crippen LogP contribution in [0.5, 0.6) is 11.5 Å². The van der Waals surface area contributed by atoms with Crippen LogP contribution in [0.25, 0.3) is 0 Å². The van der Waals surface area contributed by atoms with Crippen LogP contribution in [0.3, 0.4) is 0 Å². The molecule has 1 aromatic heterocycles. The second-order valence-corrected chi connectivity index (χ2v) is 5.62. The number of amides is 2. The number of ether oxygens (including phenoxy) is 2. The number of rotatable bonds is 4. The van der Waals surface area contributed by atoms with Gasteiger partial charge in [-0.25, -0.2) is 9.69 Å². The van der Waals surface area contributed by atoms with Gasteiger partial charge >= 0.3 is 6.03 Å². The first-order chi connectivity index (χ1) is 9.97. The number of urea groups is 1. The molecule has 21 heavy (non-hydrogen) atoms. The average Bonchev–Trinajstić information content (AvgIpc) is 2.85. The Bertz CT molecular complexity index is 679. The van der Waals surface area contributed by atoms with Gasteiger partial charge < -0.3 is 15.2 Å². The third-order valence-electron chi connectivity index (χ3n) is 2.50. The lowest BCUT2D eigenvalue weighted by atomic mass is 10.2. The Hall–Kier alpha value is -1.77. The van der Waals surface area contributed by atoms with Crippen LogP contribution < -0.4 is 20.1 Å². The molecule has 10 heteroatoms. The summed E-state index contributed by atoms with van der Waals surface area (Å²) in [5.41, 5.74) is 5.72. The monoisotopic (exact) mass is 348 g/mol. The zero-order valence-electron chi connectivity index (χ0n) is 11.0. The van der Waals surface area contributed by atoms with Crippen LogP contribution in [0.15, 0.2) is 12.1 Å². The fourth-order valence-electron chi connectivity index (χ4n) is 1.62. The molecule has 0 bridgehead atoms. The van der Waals surface area contributed by atoms with E-state index >= 15 is 0 Å². The van der Waals surface area contributed by atoms with E-state index in [9.17, 15) is 4.79 Å². The van der Waals surface area contributed by atoms with Gasteiger partial charge in [0.1, 0.15) is 11.5 Å². The molecular formula is C11H10Cl2N4O3S. The zero-order valence-corrected chi connectivity index (χ0v) is 13.3. The molecule has 7 nitrogen and oxygen atoms in total. The van der Waals surface area contributed by atoms with Gasteiger partial charge in [-0.2, -0.15) is 0 Å². The standard InChI is InChI=1S/C11H10Cl2N4O3S/c1-19-7-4-8(20-2)6(3-5(7)12)17(10(14)18)11-16-15-9(13)21-11/h3-4H,1-2H3,(H2,14,18). The van der Waals surface area contributed by atoms with Crippen LogP contribution in [-0.4, -0.2) is 30.4 Å². The van der Waals surface area contributed by atoms with Gasteiger partial charge in [0, 0.05) is 6.07 Å². The Kier molecular flexibility index (Phi) is 4.71. The largest absolute Gasteiger partial charge is 0.495 e. The van der Waals surface area contributed by atoms with E-state index in [1.54, 1.807) is 0 Å². The summed E-state index contributed by atoms with van der Waals surface area (Å²) >= 11 is 12.8. The minimum absolute atomic E-state index is 0.176. The van der Waals surface area contributed by atoms with Gasteiger partial charge in [-0.05, 0) is 17.7 Å². The van der Waals surface area contributed by atoms with Crippen LogP contribution in [0.1, 0.15) is 0 Å². The Morgan fingerprint density at radius 2 is 1.90 bits per heavy atom. The summed E-state index contributed by atoms with van der Waals surface area (Å²) in [6.45, 7) is 0. The summed E-state index contributed by atoms with van der Waals surface area (Å²) in [7, 11) is 2.91. The minimum Gasteiger partial charge on any atom is -0.495 e. The Morgan fingerprint density at radius 3 is 2.38 bits per heavy atom.